The Morgan fingerprint density at radius 2 is 1.85 bits per heavy atom. The summed E-state index contributed by atoms with van der Waals surface area (Å²) in [5.41, 5.74) is 1.57. The Morgan fingerprint density at radius 3 is 2.60 bits per heavy atom. The van der Waals surface area contributed by atoms with Crippen LogP contribution in [-0.4, -0.2) is 42.6 Å². The molecule has 6 rings (SSSR count). The number of amides is 1. The molecule has 10 heteroatoms. The van der Waals surface area contributed by atoms with E-state index >= 15 is 0 Å². The molecule has 0 aliphatic carbocycles. The first kappa shape index (κ1) is 25.4. The second-order valence-corrected chi connectivity index (χ2v) is 10.0. The minimum absolute atomic E-state index is 0.00790. The van der Waals surface area contributed by atoms with Crippen molar-refractivity contribution in [3.8, 4) is 17.2 Å². The number of ketones is 1. The number of thiazole rings is 1. The van der Waals surface area contributed by atoms with Gasteiger partial charge in [-0.25, -0.2) is 4.98 Å². The first-order valence-corrected chi connectivity index (χ1v) is 13.3. The third-order valence-corrected chi connectivity index (χ3v) is 7.71. The summed E-state index contributed by atoms with van der Waals surface area (Å²) in [7, 11) is 3.01. The van der Waals surface area contributed by atoms with E-state index in [-0.39, 0.29) is 11.3 Å². The predicted octanol–water partition coefficient (Wildman–Crippen LogP) is 6.24. The number of hydrogen-bond donors (Lipinski definition) is 1. The van der Waals surface area contributed by atoms with E-state index in [2.05, 4.69) is 4.98 Å². The summed E-state index contributed by atoms with van der Waals surface area (Å²) in [5.74, 6) is -0.458. The fraction of sp³-hybridized carbons (Fsp3) is 0.167. The van der Waals surface area contributed by atoms with Crippen LogP contribution >= 0.6 is 11.3 Å². The molecule has 2 aromatic heterocycles. The molecule has 3 heterocycles. The summed E-state index contributed by atoms with van der Waals surface area (Å²) in [4.78, 5) is 33.6. The lowest BCUT2D eigenvalue weighted by Gasteiger charge is -2.25. The topological polar surface area (TPSA) is 111 Å². The van der Waals surface area contributed by atoms with Crippen LogP contribution in [-0.2, 0) is 4.79 Å². The molecule has 1 aliphatic rings. The minimum atomic E-state index is -1.01. The predicted molar refractivity (Wildman–Crippen MR) is 151 cm³/mol. The Bertz CT molecular complexity index is 1790. The number of benzene rings is 3. The molecule has 3 aromatic carbocycles. The zero-order valence-electron chi connectivity index (χ0n) is 21.8. The van der Waals surface area contributed by atoms with E-state index in [1.807, 2.05) is 25.1 Å². The highest BCUT2D eigenvalue weighted by Crippen LogP contribution is 2.46. The van der Waals surface area contributed by atoms with Gasteiger partial charge in [0.1, 0.15) is 11.3 Å². The second kappa shape index (κ2) is 10.0. The number of carbonyl (C=O) groups is 2. The van der Waals surface area contributed by atoms with Crippen LogP contribution in [0.3, 0.4) is 0 Å². The third-order valence-electron chi connectivity index (χ3n) is 6.69. The van der Waals surface area contributed by atoms with Crippen molar-refractivity contribution < 1.29 is 33.3 Å². The quantitative estimate of drug-likeness (QED) is 0.224. The van der Waals surface area contributed by atoms with Crippen LogP contribution in [0, 0.1) is 0 Å². The number of furan rings is 1. The van der Waals surface area contributed by atoms with E-state index in [0.717, 1.165) is 10.1 Å². The third kappa shape index (κ3) is 4.13. The highest BCUT2D eigenvalue weighted by Gasteiger charge is 2.47. The van der Waals surface area contributed by atoms with Crippen LogP contribution in [0.5, 0.6) is 17.2 Å². The van der Waals surface area contributed by atoms with E-state index in [9.17, 15) is 14.7 Å². The number of carbonyl (C=O) groups excluding carboxylic acids is 2. The molecule has 9 nitrogen and oxygen atoms in total. The average molecular weight is 557 g/mol. The standard InChI is InChI=1S/C30H24N2O7S/c1-4-38-18-10-11-19-24(15-18)40-30(31-19)32-26(17-9-12-21(36-2)22(14-17)37-3)25(28(34)29(32)35)27(33)23-13-16-7-5-6-8-20(16)39-23/h5-15,26,34H,4H2,1-3H3/t26-/m1/s1. The maximum absolute atomic E-state index is 13.9. The number of aliphatic hydroxyl groups excluding tert-OH is 1. The number of fused-ring (bicyclic) bond motifs is 2. The number of aromatic nitrogens is 1. The molecule has 0 saturated carbocycles. The largest absolute Gasteiger partial charge is 0.503 e. The molecule has 0 spiro atoms. The molecule has 0 radical (unpaired) electrons. The van der Waals surface area contributed by atoms with Gasteiger partial charge in [0.05, 0.1) is 42.7 Å². The molecule has 5 aromatic rings. The number of ether oxygens (including phenoxy) is 3. The molecule has 202 valence electrons. The van der Waals surface area contributed by atoms with Gasteiger partial charge < -0.3 is 23.7 Å². The van der Waals surface area contributed by atoms with Crippen molar-refractivity contribution in [1.82, 2.24) is 4.98 Å². The maximum Gasteiger partial charge on any atom is 0.296 e. The van der Waals surface area contributed by atoms with Crippen LogP contribution in [0.15, 0.2) is 82.5 Å². The fourth-order valence-electron chi connectivity index (χ4n) is 4.85. The van der Waals surface area contributed by atoms with Crippen molar-refractivity contribution in [2.45, 2.75) is 13.0 Å². The number of anilines is 1. The van der Waals surface area contributed by atoms with Gasteiger partial charge in [-0.05, 0) is 55.0 Å². The molecule has 0 saturated heterocycles. The number of hydrogen-bond acceptors (Lipinski definition) is 9. The molecule has 1 aliphatic heterocycles. The zero-order valence-corrected chi connectivity index (χ0v) is 22.7. The molecule has 1 N–H and O–H groups in total. The lowest BCUT2D eigenvalue weighted by atomic mass is 9.95. The van der Waals surface area contributed by atoms with Gasteiger partial charge in [0.2, 0.25) is 5.78 Å². The Morgan fingerprint density at radius 1 is 1.05 bits per heavy atom. The number of rotatable bonds is 8. The summed E-state index contributed by atoms with van der Waals surface area (Å²) in [6.45, 7) is 2.40. The average Bonchev–Trinajstić information content (AvgIpc) is 3.66. The van der Waals surface area contributed by atoms with E-state index in [1.54, 1.807) is 48.5 Å². The first-order valence-electron chi connectivity index (χ1n) is 12.5. The van der Waals surface area contributed by atoms with Gasteiger partial charge in [-0.15, -0.1) is 0 Å². The molecule has 40 heavy (non-hydrogen) atoms. The van der Waals surface area contributed by atoms with E-state index in [4.69, 9.17) is 18.6 Å². The Labute approximate surface area is 232 Å². The Balaban J connectivity index is 1.51. The van der Waals surface area contributed by atoms with Gasteiger partial charge >= 0.3 is 0 Å². The molecular weight excluding hydrogens is 532 g/mol. The van der Waals surface area contributed by atoms with Crippen molar-refractivity contribution in [3.05, 3.63) is 89.4 Å². The van der Waals surface area contributed by atoms with Gasteiger partial charge in [0.25, 0.3) is 5.91 Å². The maximum atomic E-state index is 13.9. The van der Waals surface area contributed by atoms with E-state index in [1.165, 1.54) is 30.5 Å². The molecule has 0 fully saturated rings. The van der Waals surface area contributed by atoms with Crippen LogP contribution in [0.2, 0.25) is 0 Å². The van der Waals surface area contributed by atoms with Crippen molar-refractivity contribution in [1.29, 1.82) is 0 Å². The van der Waals surface area contributed by atoms with Crippen LogP contribution in [0.4, 0.5) is 5.13 Å². The molecule has 0 unspecified atom stereocenters. The smallest absolute Gasteiger partial charge is 0.296 e. The van der Waals surface area contributed by atoms with Gasteiger partial charge in [-0.3, -0.25) is 14.5 Å². The normalized spacial score (nSPS) is 15.3. The van der Waals surface area contributed by atoms with Gasteiger partial charge in [-0.1, -0.05) is 35.6 Å². The number of Topliss-reactive ketones (excluding diaryl/α,β-unsaturated/α-hetero) is 1. The first-order chi connectivity index (χ1) is 19.4. The number of para-hydroxylation sites is 1. The summed E-state index contributed by atoms with van der Waals surface area (Å²) >= 11 is 1.26. The van der Waals surface area contributed by atoms with Crippen molar-refractivity contribution in [2.24, 2.45) is 0 Å². The molecule has 1 atom stereocenters. The second-order valence-electron chi connectivity index (χ2n) is 8.99. The summed E-state index contributed by atoms with van der Waals surface area (Å²) in [5, 5.41) is 12.2. The van der Waals surface area contributed by atoms with Crippen molar-refractivity contribution in [3.63, 3.8) is 0 Å². The minimum Gasteiger partial charge on any atom is -0.503 e. The SMILES string of the molecule is CCOc1ccc2nc(N3C(=O)C(O)=C(C(=O)c4cc5ccccc5o4)[C@H]3c3ccc(OC)c(OC)c3)sc2c1. The van der Waals surface area contributed by atoms with E-state index < -0.39 is 23.5 Å². The van der Waals surface area contributed by atoms with Crippen LogP contribution < -0.4 is 19.1 Å². The summed E-state index contributed by atoms with van der Waals surface area (Å²) in [6.07, 6.45) is 0. The molecule has 1 amide bonds. The highest BCUT2D eigenvalue weighted by atomic mass is 32.1. The Kier molecular flexibility index (Phi) is 6.39. The highest BCUT2D eigenvalue weighted by molar-refractivity contribution is 7.22. The zero-order chi connectivity index (χ0) is 28.0. The Hall–Kier alpha value is -4.83. The van der Waals surface area contributed by atoms with E-state index in [0.29, 0.717) is 45.7 Å². The van der Waals surface area contributed by atoms with Crippen LogP contribution in [0.1, 0.15) is 29.1 Å². The van der Waals surface area contributed by atoms with Crippen molar-refractivity contribution >= 4 is 49.3 Å². The number of methoxy groups -OCH3 is 2. The molecule has 0 bridgehead atoms. The summed E-state index contributed by atoms with van der Waals surface area (Å²) < 4.78 is 23.1. The summed E-state index contributed by atoms with van der Waals surface area (Å²) in [6, 6.07) is 18.3. The van der Waals surface area contributed by atoms with Crippen LogP contribution in [0.25, 0.3) is 21.2 Å². The lowest BCUT2D eigenvalue weighted by Crippen LogP contribution is -2.31. The molecular formula is C30H24N2O7S. The monoisotopic (exact) mass is 556 g/mol. The fourth-order valence-corrected chi connectivity index (χ4v) is 5.87. The lowest BCUT2D eigenvalue weighted by molar-refractivity contribution is -0.117. The number of nitrogens with zero attached hydrogens (tertiary/aromatic N) is 2. The van der Waals surface area contributed by atoms with Gasteiger partial charge in [0, 0.05) is 5.39 Å². The van der Waals surface area contributed by atoms with Crippen molar-refractivity contribution in [2.75, 3.05) is 25.7 Å². The number of aliphatic hydroxyl groups is 1. The van der Waals surface area contributed by atoms with Gasteiger partial charge in [-0.2, -0.15) is 0 Å². The van der Waals surface area contributed by atoms with Gasteiger partial charge in [0.15, 0.2) is 28.1 Å².